The molecule has 2 aliphatic rings. The second kappa shape index (κ2) is 13.6. The Morgan fingerprint density at radius 2 is 1.95 bits per heavy atom. The maximum absolute atomic E-state index is 14.2. The van der Waals surface area contributed by atoms with Gasteiger partial charge in [-0.1, -0.05) is 13.8 Å². The molecule has 0 aliphatic carbocycles. The number of halogens is 1. The molecule has 42 heavy (non-hydrogen) atoms. The molecule has 2 fully saturated rings. The van der Waals surface area contributed by atoms with E-state index in [1.807, 2.05) is 20.8 Å². The van der Waals surface area contributed by atoms with Gasteiger partial charge < -0.3 is 25.2 Å². The number of aromatic nitrogens is 3. The highest BCUT2D eigenvalue weighted by Gasteiger charge is 2.50. The lowest BCUT2D eigenvalue weighted by Gasteiger charge is -2.53. The summed E-state index contributed by atoms with van der Waals surface area (Å²) < 4.78 is 20.4. The van der Waals surface area contributed by atoms with Gasteiger partial charge in [0.25, 0.3) is 11.8 Å². The van der Waals surface area contributed by atoms with Gasteiger partial charge in [0.2, 0.25) is 0 Å². The highest BCUT2D eigenvalue weighted by Crippen LogP contribution is 2.44. The van der Waals surface area contributed by atoms with Gasteiger partial charge in [-0.2, -0.15) is 0 Å². The normalized spacial score (nSPS) is 16.9. The van der Waals surface area contributed by atoms with E-state index in [4.69, 9.17) is 4.74 Å². The van der Waals surface area contributed by atoms with Crippen LogP contribution in [-0.4, -0.2) is 95.3 Å². The molecular formula is C30H45FN8O3. The Bertz CT molecular complexity index is 1240. The highest BCUT2D eigenvalue weighted by atomic mass is 19.1. The van der Waals surface area contributed by atoms with Crippen LogP contribution in [0.25, 0.3) is 0 Å². The van der Waals surface area contributed by atoms with Gasteiger partial charge in [-0.25, -0.2) is 14.2 Å². The molecule has 1 atom stereocenters. The number of urea groups is 1. The molecule has 230 valence electrons. The quantitative estimate of drug-likeness (QED) is 0.361. The van der Waals surface area contributed by atoms with E-state index in [1.165, 1.54) is 24.5 Å². The molecule has 4 rings (SSSR count). The van der Waals surface area contributed by atoms with Gasteiger partial charge in [-0.15, -0.1) is 10.2 Å². The second-order valence-corrected chi connectivity index (χ2v) is 12.1. The zero-order chi connectivity index (χ0) is 30.4. The number of benzene rings is 1. The number of likely N-dealkylation sites (tertiary alicyclic amines) is 1. The summed E-state index contributed by atoms with van der Waals surface area (Å²) in [5, 5.41) is 13.6. The van der Waals surface area contributed by atoms with Crippen molar-refractivity contribution < 1.29 is 18.7 Å². The number of nitrogens with one attached hydrogen (secondary N) is 2. The average molecular weight is 585 g/mol. The van der Waals surface area contributed by atoms with Crippen LogP contribution in [0.4, 0.5) is 15.0 Å². The summed E-state index contributed by atoms with van der Waals surface area (Å²) in [4.78, 5) is 35.7. The van der Waals surface area contributed by atoms with E-state index >= 15 is 0 Å². The molecule has 1 aromatic carbocycles. The number of nitrogens with zero attached hydrogens (tertiary/aromatic N) is 6. The standard InChI is InChI=1S/C30H45FN8O3/c1-7-39(21(4)5)28(40)23-15-22(31)10-11-25(23)42-27-26(34-19-35-36-27)37-14-12-30(16-37)17-38(18-30)24(20(2)3)9-8-13-33-29(41)32-6/h10-11,15,19-21,24H,7-9,12-14,16-18H2,1-6H3,(H2,32,33,41). The number of hydrogen-bond donors (Lipinski definition) is 2. The summed E-state index contributed by atoms with van der Waals surface area (Å²) in [7, 11) is 1.62. The molecule has 2 aliphatic heterocycles. The van der Waals surface area contributed by atoms with E-state index in [0.29, 0.717) is 30.9 Å². The molecule has 0 bridgehead atoms. The maximum atomic E-state index is 14.2. The number of hydrogen-bond acceptors (Lipinski definition) is 8. The minimum absolute atomic E-state index is 0.0512. The van der Waals surface area contributed by atoms with Crippen LogP contribution in [0, 0.1) is 17.2 Å². The third kappa shape index (κ3) is 7.08. The Morgan fingerprint density at radius 3 is 2.62 bits per heavy atom. The first kappa shape index (κ1) is 31.4. The van der Waals surface area contributed by atoms with E-state index in [2.05, 4.69) is 49.5 Å². The van der Waals surface area contributed by atoms with Gasteiger partial charge in [-0.05, 0) is 64.2 Å². The number of amides is 3. The molecular weight excluding hydrogens is 539 g/mol. The van der Waals surface area contributed by atoms with Crippen molar-refractivity contribution in [1.29, 1.82) is 0 Å². The van der Waals surface area contributed by atoms with Crippen LogP contribution in [-0.2, 0) is 0 Å². The van der Waals surface area contributed by atoms with Crippen LogP contribution in [0.2, 0.25) is 0 Å². The summed E-state index contributed by atoms with van der Waals surface area (Å²) in [5.74, 6) is 0.680. The lowest BCUT2D eigenvalue weighted by Crippen LogP contribution is -2.62. The SMILES string of the molecule is CCN(C(=O)c1cc(F)ccc1Oc1nncnc1N1CCC2(C1)CN(C(CCCNC(=O)NC)C(C)C)C2)C(C)C. The Kier molecular flexibility index (Phi) is 10.2. The van der Waals surface area contributed by atoms with E-state index in [1.54, 1.807) is 11.9 Å². The highest BCUT2D eigenvalue weighted by molar-refractivity contribution is 5.97. The van der Waals surface area contributed by atoms with Gasteiger partial charge >= 0.3 is 6.03 Å². The zero-order valence-electron chi connectivity index (χ0n) is 25.7. The van der Waals surface area contributed by atoms with Crippen LogP contribution in [0.3, 0.4) is 0 Å². The summed E-state index contributed by atoms with van der Waals surface area (Å²) in [6, 6.07) is 4.20. The Hall–Kier alpha value is -3.54. The first-order chi connectivity index (χ1) is 20.1. The van der Waals surface area contributed by atoms with Crippen molar-refractivity contribution >= 4 is 17.8 Å². The topological polar surface area (TPSA) is 116 Å². The van der Waals surface area contributed by atoms with E-state index in [0.717, 1.165) is 45.4 Å². The fraction of sp³-hybridized carbons (Fsp3) is 0.633. The summed E-state index contributed by atoms with van der Waals surface area (Å²) >= 11 is 0. The molecule has 0 radical (unpaired) electrons. The smallest absolute Gasteiger partial charge is 0.314 e. The molecule has 1 unspecified atom stereocenters. The van der Waals surface area contributed by atoms with Gasteiger partial charge in [0.05, 0.1) is 5.56 Å². The predicted molar refractivity (Wildman–Crippen MR) is 159 cm³/mol. The number of ether oxygens (including phenoxy) is 1. The zero-order valence-corrected chi connectivity index (χ0v) is 25.7. The molecule has 11 nitrogen and oxygen atoms in total. The number of rotatable bonds is 12. The van der Waals surface area contributed by atoms with Crippen LogP contribution in [0.1, 0.15) is 64.2 Å². The van der Waals surface area contributed by atoms with E-state index in [-0.39, 0.29) is 40.6 Å². The fourth-order valence-corrected chi connectivity index (χ4v) is 6.27. The fourth-order valence-electron chi connectivity index (χ4n) is 6.27. The molecule has 2 saturated heterocycles. The summed E-state index contributed by atoms with van der Waals surface area (Å²) in [6.07, 6.45) is 4.38. The Labute approximate surface area is 248 Å². The first-order valence-electron chi connectivity index (χ1n) is 15.0. The van der Waals surface area contributed by atoms with Crippen LogP contribution >= 0.6 is 0 Å². The van der Waals surface area contributed by atoms with Crippen molar-refractivity contribution in [3.05, 3.63) is 35.9 Å². The molecule has 2 N–H and O–H groups in total. The van der Waals surface area contributed by atoms with Crippen LogP contribution in [0.5, 0.6) is 11.6 Å². The number of carbonyl (C=O) groups excluding carboxylic acids is 2. The lowest BCUT2D eigenvalue weighted by atomic mass is 9.76. The molecule has 1 aromatic heterocycles. The lowest BCUT2D eigenvalue weighted by molar-refractivity contribution is -0.0338. The molecule has 3 amide bonds. The van der Waals surface area contributed by atoms with Gasteiger partial charge in [0, 0.05) is 63.8 Å². The minimum atomic E-state index is -0.513. The van der Waals surface area contributed by atoms with Crippen LogP contribution < -0.4 is 20.3 Å². The van der Waals surface area contributed by atoms with Crippen molar-refractivity contribution in [3.8, 4) is 11.6 Å². The van der Waals surface area contributed by atoms with E-state index in [9.17, 15) is 14.0 Å². The van der Waals surface area contributed by atoms with Gasteiger partial charge in [0.15, 0.2) is 5.82 Å². The third-order valence-electron chi connectivity index (χ3n) is 8.42. The third-order valence-corrected chi connectivity index (χ3v) is 8.42. The van der Waals surface area contributed by atoms with Crippen molar-refractivity contribution in [2.24, 2.45) is 11.3 Å². The van der Waals surface area contributed by atoms with E-state index < -0.39 is 5.82 Å². The Balaban J connectivity index is 1.43. The van der Waals surface area contributed by atoms with Gasteiger partial charge in [0.1, 0.15) is 17.9 Å². The molecule has 0 saturated carbocycles. The average Bonchev–Trinajstić information content (AvgIpc) is 3.39. The minimum Gasteiger partial charge on any atom is -0.434 e. The van der Waals surface area contributed by atoms with Gasteiger partial charge in [-0.3, -0.25) is 9.69 Å². The molecule has 12 heteroatoms. The number of carbonyl (C=O) groups is 2. The van der Waals surface area contributed by atoms with Crippen molar-refractivity contribution in [3.63, 3.8) is 0 Å². The summed E-state index contributed by atoms with van der Waals surface area (Å²) in [6.45, 7) is 15.0. The van der Waals surface area contributed by atoms with Crippen molar-refractivity contribution in [1.82, 2.24) is 35.6 Å². The number of anilines is 1. The molecule has 3 heterocycles. The van der Waals surface area contributed by atoms with Crippen LogP contribution in [0.15, 0.2) is 24.5 Å². The predicted octanol–water partition coefficient (Wildman–Crippen LogP) is 3.92. The van der Waals surface area contributed by atoms with Crippen molar-refractivity contribution in [2.75, 3.05) is 51.2 Å². The molecule has 1 spiro atoms. The summed E-state index contributed by atoms with van der Waals surface area (Å²) in [5.41, 5.74) is 0.297. The largest absolute Gasteiger partial charge is 0.434 e. The molecule has 2 aromatic rings. The van der Waals surface area contributed by atoms with Crippen molar-refractivity contribution in [2.45, 2.75) is 66.0 Å². The monoisotopic (exact) mass is 584 g/mol. The Morgan fingerprint density at radius 1 is 1.19 bits per heavy atom. The second-order valence-electron chi connectivity index (χ2n) is 12.1. The maximum Gasteiger partial charge on any atom is 0.314 e. The first-order valence-corrected chi connectivity index (χ1v) is 15.0.